The number of aromatic nitrogens is 4. The Labute approximate surface area is 267 Å². The maximum absolute atomic E-state index is 13.0. The van der Waals surface area contributed by atoms with E-state index in [1.54, 1.807) is 19.5 Å². The fourth-order valence-electron chi connectivity index (χ4n) is 5.48. The van der Waals surface area contributed by atoms with E-state index in [4.69, 9.17) is 32.7 Å². The smallest absolute Gasteiger partial charge is 0.287 e. The van der Waals surface area contributed by atoms with E-state index in [1.807, 2.05) is 24.3 Å². The van der Waals surface area contributed by atoms with Crippen LogP contribution in [-0.4, -0.2) is 109 Å². The molecule has 2 aromatic heterocycles. The van der Waals surface area contributed by atoms with Gasteiger partial charge in [-0.25, -0.2) is 9.36 Å². The Hall–Kier alpha value is -3.32. The molecule has 0 spiro atoms. The molecule has 0 atom stereocenters. The molecule has 2 aliphatic heterocycles. The third-order valence-electron chi connectivity index (χ3n) is 8.21. The summed E-state index contributed by atoms with van der Waals surface area (Å²) in [6.07, 6.45) is 4.61. The van der Waals surface area contributed by atoms with Crippen molar-refractivity contribution < 1.29 is 9.47 Å². The van der Waals surface area contributed by atoms with Gasteiger partial charge in [0.2, 0.25) is 0 Å². The fourth-order valence-corrected chi connectivity index (χ4v) is 6.01. The lowest BCUT2D eigenvalue weighted by Crippen LogP contribution is -2.48. The van der Waals surface area contributed by atoms with Crippen molar-refractivity contribution in [3.63, 3.8) is 0 Å². The lowest BCUT2D eigenvalue weighted by atomic mass is 10.2. The Morgan fingerprint density at radius 3 is 1.75 bits per heavy atom. The molecular formula is C30H40Cl2N8O4. The van der Waals surface area contributed by atoms with Gasteiger partial charge in [0.15, 0.2) is 11.5 Å². The van der Waals surface area contributed by atoms with Crippen LogP contribution < -0.4 is 30.4 Å². The van der Waals surface area contributed by atoms with Crippen LogP contribution in [0.4, 0.5) is 11.4 Å². The highest BCUT2D eigenvalue weighted by atomic mass is 35.5. The first-order valence-corrected chi connectivity index (χ1v) is 15.8. The van der Waals surface area contributed by atoms with Crippen LogP contribution in [0.25, 0.3) is 0 Å². The number of likely N-dealkylation sites (N-methyl/N-ethyl adjacent to an activating group) is 1. The minimum absolute atomic E-state index is 0.178. The summed E-state index contributed by atoms with van der Waals surface area (Å²) in [5.41, 5.74) is 0.733. The van der Waals surface area contributed by atoms with Gasteiger partial charge in [-0.15, -0.1) is 0 Å². The van der Waals surface area contributed by atoms with Crippen molar-refractivity contribution in [1.29, 1.82) is 0 Å². The summed E-state index contributed by atoms with van der Waals surface area (Å²) in [4.78, 5) is 34.6. The van der Waals surface area contributed by atoms with Crippen LogP contribution in [0.15, 0.2) is 46.2 Å². The van der Waals surface area contributed by atoms with Gasteiger partial charge in [-0.1, -0.05) is 35.3 Å². The van der Waals surface area contributed by atoms with Crippen LogP contribution in [0.2, 0.25) is 10.0 Å². The van der Waals surface area contributed by atoms with E-state index in [9.17, 15) is 9.59 Å². The summed E-state index contributed by atoms with van der Waals surface area (Å²) < 4.78 is 14.0. The van der Waals surface area contributed by atoms with Crippen LogP contribution >= 0.6 is 23.2 Å². The first-order valence-electron chi connectivity index (χ1n) is 15.0. The Balaban J connectivity index is 1.07. The maximum Gasteiger partial charge on any atom is 0.287 e. The normalized spacial score (nSPS) is 16.4. The standard InChI is InChI=1S/C30H40Cl2N8O4/c1-35-11-15-37(16-12-35)23-21-33-39(29(41)27(23)31)9-5-6-10-40-30(42)28(32)24(22-34-40)38-17-13-36(14-18-38)19-20-44-26-8-4-3-7-25(26)43-2/h3-4,7-8,21-22H,5-6,9-20H2,1-2H3. The molecule has 0 N–H and O–H groups in total. The van der Waals surface area contributed by atoms with Crippen molar-refractivity contribution in [2.24, 2.45) is 0 Å². The number of para-hydroxylation sites is 2. The van der Waals surface area contributed by atoms with Gasteiger partial charge in [-0.3, -0.25) is 14.5 Å². The lowest BCUT2D eigenvalue weighted by molar-refractivity contribution is 0.197. The highest BCUT2D eigenvalue weighted by molar-refractivity contribution is 6.33. The average Bonchev–Trinajstić information content (AvgIpc) is 3.04. The number of anilines is 2. The van der Waals surface area contributed by atoms with E-state index in [2.05, 4.69) is 36.8 Å². The van der Waals surface area contributed by atoms with E-state index in [1.165, 1.54) is 9.36 Å². The van der Waals surface area contributed by atoms with Crippen LogP contribution in [-0.2, 0) is 13.1 Å². The summed E-state index contributed by atoms with van der Waals surface area (Å²) in [6.45, 7) is 8.68. The first kappa shape index (κ1) is 32.1. The van der Waals surface area contributed by atoms with Crippen LogP contribution in [0, 0.1) is 0 Å². The van der Waals surface area contributed by atoms with Gasteiger partial charge in [-0.2, -0.15) is 10.2 Å². The fraction of sp³-hybridized carbons (Fsp3) is 0.533. The third kappa shape index (κ3) is 7.66. The van der Waals surface area contributed by atoms with Crippen molar-refractivity contribution in [1.82, 2.24) is 29.4 Å². The topological polar surface area (TPSA) is 101 Å². The maximum atomic E-state index is 13.0. The van der Waals surface area contributed by atoms with Crippen LogP contribution in [0.3, 0.4) is 0 Å². The van der Waals surface area contributed by atoms with E-state index in [-0.39, 0.29) is 21.2 Å². The van der Waals surface area contributed by atoms with E-state index >= 15 is 0 Å². The number of aryl methyl sites for hydroxylation is 2. The molecule has 2 saturated heterocycles. The van der Waals surface area contributed by atoms with Gasteiger partial charge in [0.05, 0.1) is 30.9 Å². The van der Waals surface area contributed by atoms with Crippen LogP contribution in [0.5, 0.6) is 11.5 Å². The highest BCUT2D eigenvalue weighted by Gasteiger charge is 2.22. The predicted molar refractivity (Wildman–Crippen MR) is 173 cm³/mol. The zero-order chi connectivity index (χ0) is 31.1. The van der Waals surface area contributed by atoms with Crippen molar-refractivity contribution in [2.75, 3.05) is 89.5 Å². The molecule has 5 rings (SSSR count). The number of benzene rings is 1. The SMILES string of the molecule is COc1ccccc1OCCN1CCN(c2cnn(CCCCn3ncc(N4CCN(C)CC4)c(Cl)c3=O)c(=O)c2Cl)CC1. The van der Waals surface area contributed by atoms with Gasteiger partial charge in [-0.05, 0) is 32.0 Å². The molecule has 1 aromatic carbocycles. The van der Waals surface area contributed by atoms with Crippen molar-refractivity contribution in [3.8, 4) is 11.5 Å². The number of nitrogens with zero attached hydrogens (tertiary/aromatic N) is 8. The molecule has 4 heterocycles. The molecule has 0 aliphatic carbocycles. The second-order valence-electron chi connectivity index (χ2n) is 11.1. The molecular weight excluding hydrogens is 607 g/mol. The Morgan fingerprint density at radius 1 is 0.727 bits per heavy atom. The second kappa shape index (κ2) is 15.1. The Morgan fingerprint density at radius 2 is 1.23 bits per heavy atom. The predicted octanol–water partition coefficient (Wildman–Crippen LogP) is 2.55. The zero-order valence-electron chi connectivity index (χ0n) is 25.3. The summed E-state index contributed by atoms with van der Waals surface area (Å²) in [7, 11) is 3.71. The Bertz CT molecular complexity index is 1520. The van der Waals surface area contributed by atoms with E-state index in [0.29, 0.717) is 43.9 Å². The molecule has 0 radical (unpaired) electrons. The number of piperazine rings is 2. The largest absolute Gasteiger partial charge is 0.493 e. The second-order valence-corrected chi connectivity index (χ2v) is 11.8. The number of methoxy groups -OCH3 is 1. The van der Waals surface area contributed by atoms with Gasteiger partial charge >= 0.3 is 0 Å². The monoisotopic (exact) mass is 646 g/mol. The summed E-state index contributed by atoms with van der Waals surface area (Å²) in [6, 6.07) is 7.62. The molecule has 0 unspecified atom stereocenters. The number of halogens is 2. The molecule has 2 aliphatic rings. The molecule has 44 heavy (non-hydrogen) atoms. The van der Waals surface area contributed by atoms with Crippen LogP contribution in [0.1, 0.15) is 12.8 Å². The summed E-state index contributed by atoms with van der Waals surface area (Å²) >= 11 is 13.0. The van der Waals surface area contributed by atoms with Gasteiger partial charge in [0.25, 0.3) is 11.1 Å². The number of rotatable bonds is 12. The third-order valence-corrected chi connectivity index (χ3v) is 8.92. The molecule has 2 fully saturated rings. The summed E-state index contributed by atoms with van der Waals surface area (Å²) in [5.74, 6) is 1.45. The van der Waals surface area contributed by atoms with Crippen molar-refractivity contribution in [3.05, 3.63) is 67.4 Å². The molecule has 238 valence electrons. The van der Waals surface area contributed by atoms with Crippen molar-refractivity contribution in [2.45, 2.75) is 25.9 Å². The van der Waals surface area contributed by atoms with E-state index < -0.39 is 0 Å². The number of ether oxygens (including phenoxy) is 2. The first-order chi connectivity index (χ1) is 21.4. The van der Waals surface area contributed by atoms with E-state index in [0.717, 1.165) is 70.4 Å². The van der Waals surface area contributed by atoms with Gasteiger partial charge < -0.3 is 24.2 Å². The molecule has 0 saturated carbocycles. The number of hydrogen-bond acceptors (Lipinski definition) is 10. The molecule has 12 nitrogen and oxygen atoms in total. The quantitative estimate of drug-likeness (QED) is 0.273. The average molecular weight is 648 g/mol. The molecule has 3 aromatic rings. The Kier molecular flexibility index (Phi) is 11.0. The number of hydrogen-bond donors (Lipinski definition) is 0. The highest BCUT2D eigenvalue weighted by Crippen LogP contribution is 2.26. The minimum Gasteiger partial charge on any atom is -0.493 e. The number of unbranched alkanes of at least 4 members (excludes halogenated alkanes) is 1. The minimum atomic E-state index is -0.313. The molecule has 0 bridgehead atoms. The zero-order valence-corrected chi connectivity index (χ0v) is 26.8. The molecule has 14 heteroatoms. The van der Waals surface area contributed by atoms with Crippen molar-refractivity contribution >= 4 is 34.6 Å². The molecule has 0 amide bonds. The lowest BCUT2D eigenvalue weighted by Gasteiger charge is -2.36. The van der Waals surface area contributed by atoms with Gasteiger partial charge in [0.1, 0.15) is 16.7 Å². The van der Waals surface area contributed by atoms with Gasteiger partial charge in [0, 0.05) is 72.0 Å². The summed E-state index contributed by atoms with van der Waals surface area (Å²) in [5, 5.41) is 9.13.